The van der Waals surface area contributed by atoms with E-state index in [9.17, 15) is 0 Å². The minimum Gasteiger partial charge on any atom is -0.398 e. The maximum absolute atomic E-state index is 5.87. The molecule has 0 aliphatic rings. The summed E-state index contributed by atoms with van der Waals surface area (Å²) in [6.07, 6.45) is 3.92. The summed E-state index contributed by atoms with van der Waals surface area (Å²) in [5.41, 5.74) is 10.1. The molecule has 0 aliphatic carbocycles. The van der Waals surface area contributed by atoms with Gasteiger partial charge in [-0.1, -0.05) is 12.1 Å². The van der Waals surface area contributed by atoms with Crippen molar-refractivity contribution in [2.75, 3.05) is 5.73 Å². The Hall–Kier alpha value is -1.77. The number of rotatable bonds is 2. The molecule has 2 N–H and O–H groups in total. The number of aromatic nitrogens is 2. The fourth-order valence-electron chi connectivity index (χ4n) is 1.64. The largest absolute Gasteiger partial charge is 0.398 e. The van der Waals surface area contributed by atoms with Gasteiger partial charge in [-0.2, -0.15) is 5.10 Å². The first-order chi connectivity index (χ1) is 7.22. The third-order valence-electron chi connectivity index (χ3n) is 2.64. The molecule has 1 aromatic heterocycles. The van der Waals surface area contributed by atoms with Crippen molar-refractivity contribution in [3.8, 4) is 11.1 Å². The lowest BCUT2D eigenvalue weighted by Crippen LogP contribution is -1.93. The second kappa shape index (κ2) is 3.77. The van der Waals surface area contributed by atoms with Gasteiger partial charge in [-0.3, -0.25) is 4.68 Å². The van der Waals surface area contributed by atoms with E-state index < -0.39 is 0 Å². The van der Waals surface area contributed by atoms with Crippen molar-refractivity contribution in [3.05, 3.63) is 36.2 Å². The molecule has 0 unspecified atom stereocenters. The van der Waals surface area contributed by atoms with Crippen LogP contribution >= 0.6 is 0 Å². The summed E-state index contributed by atoms with van der Waals surface area (Å²) in [5, 5.41) is 4.26. The number of aryl methyl sites for hydroxylation is 1. The highest BCUT2D eigenvalue weighted by Crippen LogP contribution is 2.26. The zero-order valence-corrected chi connectivity index (χ0v) is 9.07. The highest BCUT2D eigenvalue weighted by atomic mass is 15.3. The molecule has 0 atom stereocenters. The van der Waals surface area contributed by atoms with E-state index in [4.69, 9.17) is 5.73 Å². The number of nitrogen functional groups attached to an aromatic ring is 1. The van der Waals surface area contributed by atoms with E-state index in [0.717, 1.165) is 28.9 Å². The van der Waals surface area contributed by atoms with Crippen LogP contribution in [0.2, 0.25) is 0 Å². The molecule has 0 amide bonds. The van der Waals surface area contributed by atoms with Crippen LogP contribution < -0.4 is 5.73 Å². The van der Waals surface area contributed by atoms with Crippen molar-refractivity contribution in [1.29, 1.82) is 0 Å². The van der Waals surface area contributed by atoms with Gasteiger partial charge in [0.15, 0.2) is 0 Å². The first kappa shape index (κ1) is 9.77. The molecule has 15 heavy (non-hydrogen) atoms. The van der Waals surface area contributed by atoms with E-state index in [1.54, 1.807) is 0 Å². The van der Waals surface area contributed by atoms with Gasteiger partial charge in [0, 0.05) is 24.0 Å². The molecule has 1 aromatic carbocycles. The van der Waals surface area contributed by atoms with Crippen LogP contribution in [0.15, 0.2) is 30.6 Å². The standard InChI is InChI=1S/C12H15N3/c1-3-15-8-10(7-14-15)11-5-4-6-12(13)9(11)2/h4-8H,3,13H2,1-2H3. The summed E-state index contributed by atoms with van der Waals surface area (Å²) in [6, 6.07) is 5.97. The fraction of sp³-hybridized carbons (Fsp3) is 0.250. The number of anilines is 1. The van der Waals surface area contributed by atoms with E-state index in [1.807, 2.05) is 36.1 Å². The molecule has 0 bridgehead atoms. The van der Waals surface area contributed by atoms with Crippen LogP contribution in [0.25, 0.3) is 11.1 Å². The van der Waals surface area contributed by atoms with Gasteiger partial charge in [-0.15, -0.1) is 0 Å². The van der Waals surface area contributed by atoms with Gasteiger partial charge in [0.25, 0.3) is 0 Å². The molecule has 0 spiro atoms. The first-order valence-corrected chi connectivity index (χ1v) is 5.10. The third kappa shape index (κ3) is 1.73. The monoisotopic (exact) mass is 201 g/mol. The van der Waals surface area contributed by atoms with Crippen molar-refractivity contribution < 1.29 is 0 Å². The van der Waals surface area contributed by atoms with Crippen LogP contribution in [0, 0.1) is 6.92 Å². The Morgan fingerprint density at radius 3 is 2.87 bits per heavy atom. The molecule has 0 saturated carbocycles. The predicted molar refractivity (Wildman–Crippen MR) is 62.5 cm³/mol. The van der Waals surface area contributed by atoms with Crippen molar-refractivity contribution in [3.63, 3.8) is 0 Å². The lowest BCUT2D eigenvalue weighted by atomic mass is 10.0. The quantitative estimate of drug-likeness (QED) is 0.758. The van der Waals surface area contributed by atoms with Gasteiger partial charge in [0.05, 0.1) is 6.20 Å². The van der Waals surface area contributed by atoms with E-state index in [0.29, 0.717) is 0 Å². The minimum absolute atomic E-state index is 0.830. The lowest BCUT2D eigenvalue weighted by molar-refractivity contribution is 0.660. The Morgan fingerprint density at radius 1 is 1.40 bits per heavy atom. The minimum atomic E-state index is 0.830. The van der Waals surface area contributed by atoms with Crippen LogP contribution in [0.1, 0.15) is 12.5 Å². The zero-order valence-electron chi connectivity index (χ0n) is 9.07. The summed E-state index contributed by atoms with van der Waals surface area (Å²) in [4.78, 5) is 0. The number of nitrogens with zero attached hydrogens (tertiary/aromatic N) is 2. The first-order valence-electron chi connectivity index (χ1n) is 5.10. The molecule has 1 heterocycles. The smallest absolute Gasteiger partial charge is 0.0568 e. The Kier molecular flexibility index (Phi) is 2.46. The maximum atomic E-state index is 5.87. The van der Waals surface area contributed by atoms with E-state index in [2.05, 4.69) is 18.1 Å². The topological polar surface area (TPSA) is 43.8 Å². The molecular formula is C12H15N3. The van der Waals surface area contributed by atoms with Crippen molar-refractivity contribution in [2.45, 2.75) is 20.4 Å². The molecule has 0 radical (unpaired) electrons. The van der Waals surface area contributed by atoms with Crippen LogP contribution in [0.3, 0.4) is 0 Å². The van der Waals surface area contributed by atoms with E-state index in [1.165, 1.54) is 0 Å². The second-order valence-corrected chi connectivity index (χ2v) is 3.60. The third-order valence-corrected chi connectivity index (χ3v) is 2.64. The van der Waals surface area contributed by atoms with Crippen LogP contribution in [-0.4, -0.2) is 9.78 Å². The molecule has 3 nitrogen and oxygen atoms in total. The van der Waals surface area contributed by atoms with Gasteiger partial charge >= 0.3 is 0 Å². The molecule has 78 valence electrons. The molecule has 0 saturated heterocycles. The summed E-state index contributed by atoms with van der Waals surface area (Å²) in [7, 11) is 0. The van der Waals surface area contributed by atoms with Gasteiger partial charge < -0.3 is 5.73 Å². The Labute approximate surface area is 89.5 Å². The summed E-state index contributed by atoms with van der Waals surface area (Å²) >= 11 is 0. The number of benzene rings is 1. The highest BCUT2D eigenvalue weighted by Gasteiger charge is 2.05. The molecular weight excluding hydrogens is 186 g/mol. The fourth-order valence-corrected chi connectivity index (χ4v) is 1.64. The molecule has 0 fully saturated rings. The maximum Gasteiger partial charge on any atom is 0.0568 e. The van der Waals surface area contributed by atoms with Crippen molar-refractivity contribution in [2.24, 2.45) is 0 Å². The summed E-state index contributed by atoms with van der Waals surface area (Å²) in [5.74, 6) is 0. The molecule has 2 aromatic rings. The van der Waals surface area contributed by atoms with Crippen molar-refractivity contribution in [1.82, 2.24) is 9.78 Å². The van der Waals surface area contributed by atoms with E-state index >= 15 is 0 Å². The van der Waals surface area contributed by atoms with Crippen LogP contribution in [0.5, 0.6) is 0 Å². The Balaban J connectivity index is 2.49. The van der Waals surface area contributed by atoms with Gasteiger partial charge in [-0.05, 0) is 31.0 Å². The van der Waals surface area contributed by atoms with Crippen LogP contribution in [0.4, 0.5) is 5.69 Å². The number of nitrogens with two attached hydrogens (primary N) is 1. The number of hydrogen-bond donors (Lipinski definition) is 1. The van der Waals surface area contributed by atoms with Gasteiger partial charge in [0.2, 0.25) is 0 Å². The Bertz CT molecular complexity index is 471. The van der Waals surface area contributed by atoms with Gasteiger partial charge in [0.1, 0.15) is 0 Å². The van der Waals surface area contributed by atoms with Crippen molar-refractivity contribution >= 4 is 5.69 Å². The van der Waals surface area contributed by atoms with E-state index in [-0.39, 0.29) is 0 Å². The number of hydrogen-bond acceptors (Lipinski definition) is 2. The highest BCUT2D eigenvalue weighted by molar-refractivity contribution is 5.71. The zero-order chi connectivity index (χ0) is 10.8. The Morgan fingerprint density at radius 2 is 2.20 bits per heavy atom. The summed E-state index contributed by atoms with van der Waals surface area (Å²) in [6.45, 7) is 5.00. The SMILES string of the molecule is CCn1cc(-c2cccc(N)c2C)cn1. The normalized spacial score (nSPS) is 10.5. The van der Waals surface area contributed by atoms with Gasteiger partial charge in [-0.25, -0.2) is 0 Å². The summed E-state index contributed by atoms with van der Waals surface area (Å²) < 4.78 is 1.91. The average molecular weight is 201 g/mol. The predicted octanol–water partition coefficient (Wildman–Crippen LogP) is 2.46. The average Bonchev–Trinajstić information content (AvgIpc) is 2.70. The molecule has 2 rings (SSSR count). The van der Waals surface area contributed by atoms with Crippen LogP contribution in [-0.2, 0) is 6.54 Å². The molecule has 3 heteroatoms. The molecule has 0 aliphatic heterocycles. The second-order valence-electron chi connectivity index (χ2n) is 3.60. The lowest BCUT2D eigenvalue weighted by Gasteiger charge is -2.05.